The number of ether oxygens (including phenoxy) is 5. The maximum absolute atomic E-state index is 12.1. The number of carbonyl (C=O) groups is 4. The van der Waals surface area contributed by atoms with Gasteiger partial charge < -0.3 is 33.5 Å². The molecule has 1 aromatic rings. The van der Waals surface area contributed by atoms with Crippen LogP contribution in [0, 0.1) is 20.8 Å². The highest BCUT2D eigenvalue weighted by Crippen LogP contribution is 2.34. The molecule has 37 heavy (non-hydrogen) atoms. The van der Waals surface area contributed by atoms with E-state index >= 15 is 0 Å². The zero-order valence-electron chi connectivity index (χ0n) is 22.2. The highest BCUT2D eigenvalue weighted by atomic mass is 16.7. The molecule has 1 fully saturated rings. The van der Waals surface area contributed by atoms with Crippen LogP contribution in [0.2, 0.25) is 0 Å². The molecule has 0 saturated carbocycles. The van der Waals surface area contributed by atoms with Crippen LogP contribution in [0.25, 0.3) is 0 Å². The maximum Gasteiger partial charge on any atom is 0.303 e. The molecule has 11 nitrogen and oxygen atoms in total. The van der Waals surface area contributed by atoms with Crippen molar-refractivity contribution in [1.82, 2.24) is 4.90 Å². The highest BCUT2D eigenvalue weighted by Gasteiger charge is 2.54. The van der Waals surface area contributed by atoms with Crippen LogP contribution in [0.1, 0.15) is 44.4 Å². The first-order chi connectivity index (χ1) is 17.4. The van der Waals surface area contributed by atoms with E-state index in [4.69, 9.17) is 23.7 Å². The Kier molecular flexibility index (Phi) is 8.80. The lowest BCUT2D eigenvalue weighted by molar-refractivity contribution is -0.272. The van der Waals surface area contributed by atoms with Gasteiger partial charge in [-0.1, -0.05) is 17.7 Å². The first-order valence-electron chi connectivity index (χ1n) is 12.0. The first kappa shape index (κ1) is 28.0. The third-order valence-corrected chi connectivity index (χ3v) is 5.97. The number of carbonyl (C=O) groups excluding carboxylic acids is 4. The summed E-state index contributed by atoms with van der Waals surface area (Å²) < 4.78 is 28.0. The molecule has 202 valence electrons. The van der Waals surface area contributed by atoms with Crippen molar-refractivity contribution in [1.29, 1.82) is 0 Å². The van der Waals surface area contributed by atoms with Crippen LogP contribution in [0.15, 0.2) is 24.5 Å². The monoisotopic (exact) mass is 518 g/mol. The molecule has 1 aromatic carbocycles. The quantitative estimate of drug-likeness (QED) is 0.390. The SMILES string of the molecule is CC(=O)OC[C@H]1O[C@@H](N2C=CN(c3c(C)cc(C)cc3C)C2)[C@H](OC(C)=O)[C@@H](OC(C)=O)[C@H]1OC(C)=O. The highest BCUT2D eigenvalue weighted by molar-refractivity contribution is 5.69. The first-order valence-corrected chi connectivity index (χ1v) is 12.0. The number of anilines is 1. The summed E-state index contributed by atoms with van der Waals surface area (Å²) in [6.45, 7) is 11.0. The fraction of sp³-hybridized carbons (Fsp3) is 0.538. The Balaban J connectivity index is 1.98. The van der Waals surface area contributed by atoms with Crippen LogP contribution in [-0.2, 0) is 42.9 Å². The Labute approximate surface area is 216 Å². The summed E-state index contributed by atoms with van der Waals surface area (Å²) in [5, 5.41) is 0. The van der Waals surface area contributed by atoms with Gasteiger partial charge in [-0.15, -0.1) is 0 Å². The second-order valence-electron chi connectivity index (χ2n) is 9.26. The maximum atomic E-state index is 12.1. The molecule has 2 aliphatic rings. The van der Waals surface area contributed by atoms with Crippen molar-refractivity contribution < 1.29 is 42.9 Å². The Morgan fingerprint density at radius 3 is 1.89 bits per heavy atom. The number of hydrogen-bond donors (Lipinski definition) is 0. The van der Waals surface area contributed by atoms with Crippen LogP contribution >= 0.6 is 0 Å². The van der Waals surface area contributed by atoms with Crippen molar-refractivity contribution in [2.24, 2.45) is 0 Å². The minimum atomic E-state index is -1.21. The van der Waals surface area contributed by atoms with Crippen LogP contribution in [0.4, 0.5) is 5.69 Å². The zero-order valence-corrected chi connectivity index (χ0v) is 22.2. The molecule has 3 rings (SSSR count). The predicted octanol–water partition coefficient (Wildman–Crippen LogP) is 2.25. The summed E-state index contributed by atoms with van der Waals surface area (Å²) >= 11 is 0. The number of aryl methyl sites for hydroxylation is 3. The van der Waals surface area contributed by atoms with E-state index in [1.807, 2.05) is 31.9 Å². The lowest BCUT2D eigenvalue weighted by Gasteiger charge is -2.47. The summed E-state index contributed by atoms with van der Waals surface area (Å²) in [4.78, 5) is 51.4. The molecule has 11 heteroatoms. The molecular formula is C26H34N2O9. The zero-order chi connectivity index (χ0) is 27.4. The van der Waals surface area contributed by atoms with Crippen molar-refractivity contribution in [3.8, 4) is 0 Å². The van der Waals surface area contributed by atoms with Crippen LogP contribution < -0.4 is 4.90 Å². The lowest BCUT2D eigenvalue weighted by atomic mass is 9.96. The van der Waals surface area contributed by atoms with Gasteiger partial charge >= 0.3 is 23.9 Å². The van der Waals surface area contributed by atoms with Crippen LogP contribution in [0.5, 0.6) is 0 Å². The molecule has 2 heterocycles. The standard InChI is InChI=1S/C26H34N2O9/c1-14-10-15(2)22(16(3)11-14)27-8-9-28(13-27)26-25(36-20(7)32)24(35-19(6)31)23(34-18(5)30)21(37-26)12-33-17(4)29/h8-11,21,23-26H,12-13H2,1-7H3/t21-,23+,24+,25-,26-/m1/s1. The molecule has 5 atom stereocenters. The average Bonchev–Trinajstić information content (AvgIpc) is 3.22. The third-order valence-electron chi connectivity index (χ3n) is 5.97. The molecule has 0 unspecified atom stereocenters. The minimum absolute atomic E-state index is 0.272. The van der Waals surface area contributed by atoms with Crippen molar-refractivity contribution in [2.75, 3.05) is 18.2 Å². The van der Waals surface area contributed by atoms with Gasteiger partial charge in [0.05, 0.1) is 6.67 Å². The van der Waals surface area contributed by atoms with Gasteiger partial charge in [-0.25, -0.2) is 0 Å². The number of nitrogens with zero attached hydrogens (tertiary/aromatic N) is 2. The Hall–Kier alpha value is -3.60. The van der Waals surface area contributed by atoms with E-state index in [1.54, 1.807) is 11.1 Å². The van der Waals surface area contributed by atoms with E-state index in [0.717, 1.165) is 22.4 Å². The van der Waals surface area contributed by atoms with Gasteiger partial charge in [0.1, 0.15) is 12.7 Å². The van der Waals surface area contributed by atoms with Gasteiger partial charge in [-0.3, -0.25) is 19.2 Å². The average molecular weight is 519 g/mol. The van der Waals surface area contributed by atoms with E-state index in [9.17, 15) is 19.2 Å². The molecule has 0 aliphatic carbocycles. The summed E-state index contributed by atoms with van der Waals surface area (Å²) in [6, 6.07) is 4.18. The van der Waals surface area contributed by atoms with Gasteiger partial charge in [0.25, 0.3) is 0 Å². The number of benzene rings is 1. The minimum Gasteiger partial charge on any atom is -0.463 e. The van der Waals surface area contributed by atoms with E-state index < -0.39 is 54.5 Å². The molecular weight excluding hydrogens is 484 g/mol. The Morgan fingerprint density at radius 1 is 0.811 bits per heavy atom. The third kappa shape index (κ3) is 6.79. The number of rotatable bonds is 7. The molecule has 2 aliphatic heterocycles. The van der Waals surface area contributed by atoms with Gasteiger partial charge in [0, 0.05) is 45.8 Å². The molecule has 1 saturated heterocycles. The second kappa shape index (κ2) is 11.6. The summed E-state index contributed by atoms with van der Waals surface area (Å²) in [7, 11) is 0. The van der Waals surface area contributed by atoms with Gasteiger partial charge in [0.15, 0.2) is 24.5 Å². The van der Waals surface area contributed by atoms with Crippen LogP contribution in [-0.4, -0.2) is 72.7 Å². The van der Waals surface area contributed by atoms with Crippen LogP contribution in [0.3, 0.4) is 0 Å². The molecule has 0 aromatic heterocycles. The van der Waals surface area contributed by atoms with Gasteiger partial charge in [0.2, 0.25) is 0 Å². The van der Waals surface area contributed by atoms with E-state index in [2.05, 4.69) is 12.1 Å². The lowest BCUT2D eigenvalue weighted by Crippen LogP contribution is -2.65. The van der Waals surface area contributed by atoms with Gasteiger partial charge in [-0.05, 0) is 31.9 Å². The van der Waals surface area contributed by atoms with E-state index in [0.29, 0.717) is 6.67 Å². The molecule has 0 radical (unpaired) electrons. The fourth-order valence-electron chi connectivity index (χ4n) is 4.84. The molecule has 0 N–H and O–H groups in total. The second-order valence-corrected chi connectivity index (χ2v) is 9.26. The van der Waals surface area contributed by atoms with Crippen molar-refractivity contribution >= 4 is 29.6 Å². The normalized spacial score (nSPS) is 25.0. The smallest absolute Gasteiger partial charge is 0.303 e. The van der Waals surface area contributed by atoms with Crippen molar-refractivity contribution in [2.45, 2.75) is 79.1 Å². The molecule has 0 bridgehead atoms. The topological polar surface area (TPSA) is 121 Å². The van der Waals surface area contributed by atoms with Crippen molar-refractivity contribution in [3.05, 3.63) is 41.2 Å². The summed E-state index contributed by atoms with van der Waals surface area (Å²) in [5.41, 5.74) is 4.35. The van der Waals surface area contributed by atoms with E-state index in [1.165, 1.54) is 27.7 Å². The number of esters is 4. The van der Waals surface area contributed by atoms with Gasteiger partial charge in [-0.2, -0.15) is 0 Å². The summed E-state index contributed by atoms with van der Waals surface area (Å²) in [5.74, 6) is -2.54. The largest absolute Gasteiger partial charge is 0.463 e. The number of hydrogen-bond acceptors (Lipinski definition) is 11. The Morgan fingerprint density at radius 2 is 1.35 bits per heavy atom. The molecule has 0 spiro atoms. The predicted molar refractivity (Wildman–Crippen MR) is 131 cm³/mol. The fourth-order valence-corrected chi connectivity index (χ4v) is 4.84. The summed E-state index contributed by atoms with van der Waals surface area (Å²) in [6.07, 6.45) is -1.85. The van der Waals surface area contributed by atoms with E-state index in [-0.39, 0.29) is 6.61 Å². The van der Waals surface area contributed by atoms with Crippen molar-refractivity contribution in [3.63, 3.8) is 0 Å². The molecule has 0 amide bonds. The Bertz CT molecular complexity index is 1060.